The minimum absolute atomic E-state index is 0.130. The maximum atomic E-state index is 14.0. The van der Waals surface area contributed by atoms with Crippen molar-refractivity contribution in [3.05, 3.63) is 70.5 Å². The van der Waals surface area contributed by atoms with Crippen molar-refractivity contribution in [2.75, 3.05) is 18.5 Å². The minimum Gasteiger partial charge on any atom is -0.462 e. The molecule has 0 aliphatic rings. The van der Waals surface area contributed by atoms with Crippen molar-refractivity contribution in [1.29, 1.82) is 0 Å². The lowest BCUT2D eigenvalue weighted by molar-refractivity contribution is -0.124. The number of amides is 2. The molecule has 0 radical (unpaired) electrons. The molecule has 4 aromatic rings. The molecule has 0 saturated heterocycles. The van der Waals surface area contributed by atoms with E-state index in [9.17, 15) is 9.59 Å². The van der Waals surface area contributed by atoms with E-state index >= 15 is 0 Å². The van der Waals surface area contributed by atoms with E-state index in [2.05, 4.69) is 69.0 Å². The summed E-state index contributed by atoms with van der Waals surface area (Å²) in [5.74, 6) is -0.463. The highest BCUT2D eigenvalue weighted by Gasteiger charge is 2.40. The number of rotatable bonds is 10. The number of aryl methyl sites for hydroxylation is 4. The molecule has 1 atom stereocenters. The van der Waals surface area contributed by atoms with Gasteiger partial charge >= 0.3 is 12.1 Å². The third kappa shape index (κ3) is 7.32. The molecule has 0 bridgehead atoms. The molecule has 0 fully saturated rings. The molecule has 2 amide bonds. The van der Waals surface area contributed by atoms with Gasteiger partial charge in [0.2, 0.25) is 5.91 Å². The Bertz CT molecular complexity index is 1640. The summed E-state index contributed by atoms with van der Waals surface area (Å²) in [6.45, 7) is 18.6. The second-order valence-electron chi connectivity index (χ2n) is 12.5. The largest absolute Gasteiger partial charge is 0.462 e. The Morgan fingerprint density at radius 3 is 2.32 bits per heavy atom. The van der Waals surface area contributed by atoms with E-state index in [0.717, 1.165) is 39.8 Å². The van der Waals surface area contributed by atoms with Crippen LogP contribution in [0.15, 0.2) is 42.7 Å². The van der Waals surface area contributed by atoms with Gasteiger partial charge in [0.05, 0.1) is 35.6 Å². The predicted molar refractivity (Wildman–Crippen MR) is 170 cm³/mol. The maximum absolute atomic E-state index is 14.0. The van der Waals surface area contributed by atoms with E-state index in [-0.39, 0.29) is 31.0 Å². The molecular weight excluding hydrogens is 558 g/mol. The van der Waals surface area contributed by atoms with Crippen LogP contribution in [0.5, 0.6) is 6.01 Å². The highest BCUT2D eigenvalue weighted by Crippen LogP contribution is 2.44. The number of carbonyl (C=O) groups excluding carboxylic acids is 2. The Balaban J connectivity index is 1.53. The Kier molecular flexibility index (Phi) is 9.56. The number of anilines is 1. The molecule has 11 heteroatoms. The van der Waals surface area contributed by atoms with Gasteiger partial charge in [0.1, 0.15) is 17.7 Å². The fourth-order valence-corrected chi connectivity index (χ4v) is 5.15. The third-order valence-electron chi connectivity index (χ3n) is 7.65. The van der Waals surface area contributed by atoms with Gasteiger partial charge in [-0.15, -0.1) is 5.10 Å². The molecule has 4 rings (SSSR count). The second-order valence-corrected chi connectivity index (χ2v) is 12.5. The minimum atomic E-state index is -0.886. The van der Waals surface area contributed by atoms with Gasteiger partial charge in [0.25, 0.3) is 0 Å². The van der Waals surface area contributed by atoms with Crippen molar-refractivity contribution in [3.63, 3.8) is 0 Å². The van der Waals surface area contributed by atoms with Gasteiger partial charge in [-0.25, -0.2) is 19.4 Å². The van der Waals surface area contributed by atoms with Crippen LogP contribution in [0.3, 0.4) is 0 Å². The smallest absolute Gasteiger partial charge is 0.407 e. The SMILES string of the molecule is CCn1nnc2c(C)c([C@H](c3ccc(C)c(C)c3)C(C)(C)C(=O)Nc3cnc(OCCNC(=O)OC(C)(C)C)nc3)ccc21. The van der Waals surface area contributed by atoms with Crippen LogP contribution in [0.25, 0.3) is 11.0 Å². The van der Waals surface area contributed by atoms with Crippen LogP contribution in [0.2, 0.25) is 0 Å². The summed E-state index contributed by atoms with van der Waals surface area (Å²) in [5.41, 5.74) is 6.18. The number of benzene rings is 2. The Morgan fingerprint density at radius 1 is 0.977 bits per heavy atom. The summed E-state index contributed by atoms with van der Waals surface area (Å²) in [5, 5.41) is 14.4. The zero-order valence-corrected chi connectivity index (χ0v) is 27.1. The molecule has 2 heterocycles. The third-order valence-corrected chi connectivity index (χ3v) is 7.65. The van der Waals surface area contributed by atoms with Crippen LogP contribution in [0.4, 0.5) is 10.5 Å². The van der Waals surface area contributed by atoms with Gasteiger partial charge in [-0.1, -0.05) is 43.3 Å². The number of carbonyl (C=O) groups is 2. The van der Waals surface area contributed by atoms with Crippen LogP contribution in [0.1, 0.15) is 75.3 Å². The fourth-order valence-electron chi connectivity index (χ4n) is 5.15. The zero-order chi connectivity index (χ0) is 32.2. The normalized spacial score (nSPS) is 12.6. The first-order valence-electron chi connectivity index (χ1n) is 14.8. The topological polar surface area (TPSA) is 133 Å². The number of hydrogen-bond donors (Lipinski definition) is 2. The first-order chi connectivity index (χ1) is 20.7. The lowest BCUT2D eigenvalue weighted by Gasteiger charge is -2.35. The molecule has 234 valence electrons. The monoisotopic (exact) mass is 601 g/mol. The van der Waals surface area contributed by atoms with Crippen molar-refractivity contribution in [2.24, 2.45) is 5.41 Å². The molecule has 0 aliphatic heterocycles. The molecule has 0 saturated carbocycles. The van der Waals surface area contributed by atoms with E-state index in [1.165, 1.54) is 18.0 Å². The molecule has 2 N–H and O–H groups in total. The second kappa shape index (κ2) is 13.0. The summed E-state index contributed by atoms with van der Waals surface area (Å²) in [4.78, 5) is 34.2. The fraction of sp³-hybridized carbons (Fsp3) is 0.455. The molecule has 0 aliphatic carbocycles. The van der Waals surface area contributed by atoms with E-state index < -0.39 is 17.1 Å². The van der Waals surface area contributed by atoms with Gasteiger partial charge in [0.15, 0.2) is 0 Å². The van der Waals surface area contributed by atoms with Crippen molar-refractivity contribution in [1.82, 2.24) is 30.3 Å². The number of hydrogen-bond acceptors (Lipinski definition) is 8. The number of ether oxygens (including phenoxy) is 2. The van der Waals surface area contributed by atoms with Crippen LogP contribution < -0.4 is 15.4 Å². The lowest BCUT2D eigenvalue weighted by Crippen LogP contribution is -2.37. The van der Waals surface area contributed by atoms with Crippen LogP contribution in [0, 0.1) is 26.2 Å². The standard InChI is InChI=1S/C33H43N7O4/c1-10-40-26-14-13-25(22(4)28(26)38-39-40)27(23-12-11-20(2)21(3)17-23)33(8,9)29(41)37-24-18-35-30(36-19-24)43-16-15-34-31(42)44-32(5,6)7/h11-14,17-19,27H,10,15-16H2,1-9H3,(H,34,42)(H,37,41)/t27-/m0/s1. The van der Waals surface area contributed by atoms with Crippen LogP contribution >= 0.6 is 0 Å². The van der Waals surface area contributed by atoms with E-state index in [0.29, 0.717) is 5.69 Å². The molecular formula is C33H43N7O4. The summed E-state index contributed by atoms with van der Waals surface area (Å²) in [6.07, 6.45) is 2.48. The van der Waals surface area contributed by atoms with Gasteiger partial charge < -0.3 is 20.1 Å². The van der Waals surface area contributed by atoms with E-state index in [1.54, 1.807) is 20.8 Å². The van der Waals surface area contributed by atoms with E-state index in [1.807, 2.05) is 38.4 Å². The van der Waals surface area contributed by atoms with Crippen LogP contribution in [-0.2, 0) is 16.1 Å². The molecule has 0 unspecified atom stereocenters. The number of alkyl carbamates (subject to hydrolysis) is 1. The molecule has 11 nitrogen and oxygen atoms in total. The highest BCUT2D eigenvalue weighted by molar-refractivity contribution is 5.96. The van der Waals surface area contributed by atoms with Gasteiger partial charge in [-0.2, -0.15) is 0 Å². The van der Waals surface area contributed by atoms with Crippen molar-refractivity contribution >= 4 is 28.7 Å². The predicted octanol–water partition coefficient (Wildman–Crippen LogP) is 5.87. The van der Waals surface area contributed by atoms with E-state index in [4.69, 9.17) is 9.47 Å². The number of fused-ring (bicyclic) bond motifs is 1. The zero-order valence-electron chi connectivity index (χ0n) is 27.1. The Morgan fingerprint density at radius 2 is 1.68 bits per heavy atom. The average molecular weight is 602 g/mol. The molecule has 2 aromatic carbocycles. The van der Waals surface area contributed by atoms with Gasteiger partial charge in [0, 0.05) is 12.5 Å². The Hall–Kier alpha value is -4.54. The lowest BCUT2D eigenvalue weighted by atomic mass is 9.69. The number of aromatic nitrogens is 5. The summed E-state index contributed by atoms with van der Waals surface area (Å²) < 4.78 is 12.6. The Labute approximate surface area is 258 Å². The first kappa shape index (κ1) is 32.4. The first-order valence-corrected chi connectivity index (χ1v) is 14.8. The van der Waals surface area contributed by atoms with Gasteiger partial charge in [-0.05, 0) is 82.3 Å². The quantitative estimate of drug-likeness (QED) is 0.216. The van der Waals surface area contributed by atoms with Gasteiger partial charge in [-0.3, -0.25) is 4.79 Å². The van der Waals surface area contributed by atoms with Crippen molar-refractivity contribution in [3.8, 4) is 6.01 Å². The number of nitrogens with zero attached hydrogens (tertiary/aromatic N) is 5. The van der Waals surface area contributed by atoms with Crippen molar-refractivity contribution in [2.45, 2.75) is 80.4 Å². The maximum Gasteiger partial charge on any atom is 0.407 e. The summed E-state index contributed by atoms with van der Waals surface area (Å²) >= 11 is 0. The summed E-state index contributed by atoms with van der Waals surface area (Å²) in [6, 6.07) is 10.6. The molecule has 44 heavy (non-hydrogen) atoms. The highest BCUT2D eigenvalue weighted by atomic mass is 16.6. The summed E-state index contributed by atoms with van der Waals surface area (Å²) in [7, 11) is 0. The average Bonchev–Trinajstić information content (AvgIpc) is 3.38. The van der Waals surface area contributed by atoms with Crippen molar-refractivity contribution < 1.29 is 19.1 Å². The van der Waals surface area contributed by atoms with Crippen LogP contribution in [-0.4, -0.2) is 55.7 Å². The number of nitrogens with one attached hydrogen (secondary N) is 2. The molecule has 0 spiro atoms. The molecule has 2 aromatic heterocycles.